The molecule has 29 heavy (non-hydrogen) atoms. The Labute approximate surface area is 187 Å². The minimum absolute atomic E-state index is 0.244. The molecule has 0 aliphatic heterocycles. The first-order chi connectivity index (χ1) is 14.0. The van der Waals surface area contributed by atoms with Gasteiger partial charge in [-0.1, -0.05) is 41.9 Å². The van der Waals surface area contributed by atoms with Crippen molar-refractivity contribution in [3.05, 3.63) is 97.6 Å². The predicted molar refractivity (Wildman–Crippen MR) is 122 cm³/mol. The van der Waals surface area contributed by atoms with Gasteiger partial charge in [-0.3, -0.25) is 0 Å². The van der Waals surface area contributed by atoms with Crippen LogP contribution >= 0.6 is 34.2 Å². The van der Waals surface area contributed by atoms with Crippen LogP contribution in [0.1, 0.15) is 27.0 Å². The monoisotopic (exact) mass is 515 g/mol. The molecule has 144 valence electrons. The molecule has 4 nitrogen and oxygen atoms in total. The fourth-order valence-corrected chi connectivity index (χ4v) is 3.43. The van der Waals surface area contributed by atoms with Crippen LogP contribution in [0, 0.1) is 14.9 Å². The summed E-state index contributed by atoms with van der Waals surface area (Å²) in [6.45, 7) is 0.333. The second kappa shape index (κ2) is 9.59. The van der Waals surface area contributed by atoms with Gasteiger partial charge in [-0.05, 0) is 81.8 Å². The van der Waals surface area contributed by atoms with Crippen molar-refractivity contribution in [1.82, 2.24) is 0 Å². The molecule has 0 radical (unpaired) electrons. The maximum atomic E-state index is 10.9. The lowest BCUT2D eigenvalue weighted by molar-refractivity contribution is 0.0697. The van der Waals surface area contributed by atoms with Crippen LogP contribution in [0.4, 0.5) is 0 Å². The number of halogens is 2. The zero-order valence-corrected chi connectivity index (χ0v) is 18.0. The van der Waals surface area contributed by atoms with E-state index in [4.69, 9.17) is 21.4 Å². The Balaban J connectivity index is 1.73. The summed E-state index contributed by atoms with van der Waals surface area (Å²) in [5.41, 5.74) is 3.36. The highest BCUT2D eigenvalue weighted by molar-refractivity contribution is 14.1. The van der Waals surface area contributed by atoms with E-state index < -0.39 is 5.97 Å². The van der Waals surface area contributed by atoms with Crippen molar-refractivity contribution in [2.24, 2.45) is 0 Å². The Bertz CT molecular complexity index is 1100. The summed E-state index contributed by atoms with van der Waals surface area (Å²) in [7, 11) is 0. The van der Waals surface area contributed by atoms with Gasteiger partial charge >= 0.3 is 5.97 Å². The maximum Gasteiger partial charge on any atom is 0.335 e. The average Bonchev–Trinajstić information content (AvgIpc) is 2.72. The molecule has 0 unspecified atom stereocenters. The third kappa shape index (κ3) is 5.59. The van der Waals surface area contributed by atoms with Crippen LogP contribution in [-0.2, 0) is 6.61 Å². The van der Waals surface area contributed by atoms with E-state index in [0.717, 1.165) is 26.0 Å². The lowest BCUT2D eigenvalue weighted by Gasteiger charge is -2.09. The van der Waals surface area contributed by atoms with Crippen molar-refractivity contribution >= 4 is 51.8 Å². The lowest BCUT2D eigenvalue weighted by Crippen LogP contribution is -1.99. The zero-order valence-electron chi connectivity index (χ0n) is 15.1. The van der Waals surface area contributed by atoms with Crippen LogP contribution in [-0.4, -0.2) is 11.1 Å². The number of rotatable bonds is 6. The summed E-state index contributed by atoms with van der Waals surface area (Å²) < 4.78 is 6.76. The Morgan fingerprint density at radius 3 is 2.31 bits per heavy atom. The zero-order chi connectivity index (χ0) is 20.8. The quantitative estimate of drug-likeness (QED) is 0.238. The van der Waals surface area contributed by atoms with Gasteiger partial charge in [0.15, 0.2) is 0 Å². The first kappa shape index (κ1) is 20.9. The molecule has 0 bridgehead atoms. The summed E-state index contributed by atoms with van der Waals surface area (Å²) in [6, 6.07) is 21.6. The van der Waals surface area contributed by atoms with E-state index in [0.29, 0.717) is 17.2 Å². The van der Waals surface area contributed by atoms with Gasteiger partial charge in [0.05, 0.1) is 20.8 Å². The van der Waals surface area contributed by atoms with Crippen LogP contribution in [0.5, 0.6) is 5.75 Å². The van der Waals surface area contributed by atoms with Crippen LogP contribution in [0.25, 0.3) is 11.6 Å². The number of carboxylic acid groups (broad SMARTS) is 1. The first-order valence-corrected chi connectivity index (χ1v) is 10.0. The normalized spacial score (nSPS) is 11.0. The number of hydrogen-bond donors (Lipinski definition) is 1. The van der Waals surface area contributed by atoms with Gasteiger partial charge in [-0.2, -0.15) is 5.26 Å². The smallest absolute Gasteiger partial charge is 0.335 e. The van der Waals surface area contributed by atoms with Crippen molar-refractivity contribution in [1.29, 1.82) is 5.26 Å². The number of carbonyl (C=O) groups is 1. The van der Waals surface area contributed by atoms with Crippen LogP contribution in [0.15, 0.2) is 66.7 Å². The maximum absolute atomic E-state index is 10.9. The molecule has 0 saturated heterocycles. The number of benzene rings is 3. The number of nitriles is 1. The second-order valence-electron chi connectivity index (χ2n) is 6.16. The minimum Gasteiger partial charge on any atom is -0.488 e. The van der Waals surface area contributed by atoms with E-state index in [9.17, 15) is 10.1 Å². The van der Waals surface area contributed by atoms with Gasteiger partial charge in [0.25, 0.3) is 0 Å². The Kier molecular flexibility index (Phi) is 6.91. The summed E-state index contributed by atoms with van der Waals surface area (Å²) in [5, 5.41) is 19.1. The number of aromatic carboxylic acids is 1. The SMILES string of the molecule is N#C/C(=C/c1ccc(OCc2ccc(C(=O)O)cc2)c(I)c1)c1ccc(Cl)cc1. The largest absolute Gasteiger partial charge is 0.488 e. The molecule has 3 aromatic carbocycles. The van der Waals surface area contributed by atoms with Crippen molar-refractivity contribution in [2.45, 2.75) is 6.61 Å². The number of nitrogens with zero attached hydrogens (tertiary/aromatic N) is 1. The molecule has 0 aliphatic carbocycles. The molecule has 0 fully saturated rings. The van der Waals surface area contributed by atoms with Gasteiger partial charge in [-0.15, -0.1) is 0 Å². The van der Waals surface area contributed by atoms with Gasteiger partial charge in [0.1, 0.15) is 12.4 Å². The van der Waals surface area contributed by atoms with Gasteiger partial charge in [0, 0.05) is 5.02 Å². The average molecular weight is 516 g/mol. The Hall–Kier alpha value is -2.82. The van der Waals surface area contributed by atoms with Crippen LogP contribution in [0.2, 0.25) is 5.02 Å². The molecule has 1 N–H and O–H groups in total. The van der Waals surface area contributed by atoms with E-state index in [1.807, 2.05) is 36.4 Å². The molecule has 0 aromatic heterocycles. The molecule has 0 aliphatic rings. The third-order valence-electron chi connectivity index (χ3n) is 4.14. The summed E-state index contributed by atoms with van der Waals surface area (Å²) in [6.07, 6.45) is 1.82. The molecule has 3 rings (SSSR count). The first-order valence-electron chi connectivity index (χ1n) is 8.58. The number of carboxylic acids is 1. The van der Waals surface area contributed by atoms with Gasteiger partial charge in [-0.25, -0.2) is 4.79 Å². The van der Waals surface area contributed by atoms with Crippen LogP contribution in [0.3, 0.4) is 0 Å². The minimum atomic E-state index is -0.953. The molecule has 0 heterocycles. The lowest BCUT2D eigenvalue weighted by atomic mass is 10.0. The summed E-state index contributed by atoms with van der Waals surface area (Å²) >= 11 is 8.10. The molecular weight excluding hydrogens is 501 g/mol. The highest BCUT2D eigenvalue weighted by atomic mass is 127. The van der Waals surface area contributed by atoms with Crippen molar-refractivity contribution < 1.29 is 14.6 Å². The fraction of sp³-hybridized carbons (Fsp3) is 0.0435. The topological polar surface area (TPSA) is 70.3 Å². The van der Waals surface area contributed by atoms with Crippen molar-refractivity contribution in [3.63, 3.8) is 0 Å². The standard InChI is InChI=1S/C23H15ClINO3/c24-20-8-6-17(7-9-20)19(13-26)11-16-3-10-22(21(25)12-16)29-14-15-1-4-18(5-2-15)23(27)28/h1-12H,14H2,(H,27,28)/b19-11-. The van der Waals surface area contributed by atoms with E-state index >= 15 is 0 Å². The van der Waals surface area contributed by atoms with E-state index in [2.05, 4.69) is 28.7 Å². The van der Waals surface area contributed by atoms with Gasteiger partial charge in [0.2, 0.25) is 0 Å². The highest BCUT2D eigenvalue weighted by Gasteiger charge is 2.06. The molecule has 0 spiro atoms. The Morgan fingerprint density at radius 1 is 1.07 bits per heavy atom. The predicted octanol–water partition coefficient (Wildman–Crippen LogP) is 6.29. The molecule has 3 aromatic rings. The van der Waals surface area contributed by atoms with Crippen LogP contribution < -0.4 is 4.74 Å². The van der Waals surface area contributed by atoms with Gasteiger partial charge < -0.3 is 9.84 Å². The van der Waals surface area contributed by atoms with Crippen molar-refractivity contribution in [3.8, 4) is 11.8 Å². The second-order valence-corrected chi connectivity index (χ2v) is 7.76. The molecule has 6 heteroatoms. The molecule has 0 saturated carbocycles. The highest BCUT2D eigenvalue weighted by Crippen LogP contribution is 2.26. The van der Waals surface area contributed by atoms with Crippen molar-refractivity contribution in [2.75, 3.05) is 0 Å². The molecular formula is C23H15ClINO3. The Morgan fingerprint density at radius 2 is 1.72 bits per heavy atom. The van der Waals surface area contributed by atoms with E-state index in [-0.39, 0.29) is 5.56 Å². The molecule has 0 amide bonds. The number of allylic oxidation sites excluding steroid dienone is 1. The number of ether oxygens (including phenoxy) is 1. The third-order valence-corrected chi connectivity index (χ3v) is 5.23. The summed E-state index contributed by atoms with van der Waals surface area (Å²) in [4.78, 5) is 10.9. The van der Waals surface area contributed by atoms with E-state index in [1.54, 1.807) is 36.4 Å². The fourth-order valence-electron chi connectivity index (χ4n) is 2.60. The molecule has 0 atom stereocenters. The summed E-state index contributed by atoms with van der Waals surface area (Å²) in [5.74, 6) is -0.235. The number of hydrogen-bond acceptors (Lipinski definition) is 3. The van der Waals surface area contributed by atoms with E-state index in [1.165, 1.54) is 0 Å².